The Morgan fingerprint density at radius 3 is 2.61 bits per heavy atom. The molecule has 1 aliphatic rings. The van der Waals surface area contributed by atoms with E-state index in [4.69, 9.17) is 5.11 Å². The Bertz CT molecular complexity index is 483. The summed E-state index contributed by atoms with van der Waals surface area (Å²) in [5.41, 5.74) is -0.0418. The molecule has 0 spiro atoms. The second-order valence-corrected chi connectivity index (χ2v) is 7.42. The molecule has 1 fully saturated rings. The van der Waals surface area contributed by atoms with Crippen LogP contribution in [0.25, 0.3) is 0 Å². The molecule has 1 saturated carbocycles. The van der Waals surface area contributed by atoms with Crippen LogP contribution in [-0.2, 0) is 0 Å². The van der Waals surface area contributed by atoms with Gasteiger partial charge in [0.1, 0.15) is 0 Å². The zero-order valence-electron chi connectivity index (χ0n) is 9.70. The Morgan fingerprint density at radius 2 is 2.06 bits per heavy atom. The van der Waals surface area contributed by atoms with Crippen LogP contribution in [0.3, 0.4) is 0 Å². The molecule has 1 aliphatic carbocycles. The summed E-state index contributed by atoms with van der Waals surface area (Å²) in [6.07, 6.45) is 4.72. The topological polar surface area (TPSA) is 80.4 Å². The standard InChI is InChI=1S/C12H13AsNO4/c15-12(16)8-5-6-10(11(7-8)14(17)18)13-9-3-1-2-4-9/h5-7,9H,1-4H2,(H,15,16). The summed E-state index contributed by atoms with van der Waals surface area (Å²) in [4.78, 5) is 21.3. The zero-order chi connectivity index (χ0) is 13.1. The van der Waals surface area contributed by atoms with Gasteiger partial charge in [0.15, 0.2) is 0 Å². The van der Waals surface area contributed by atoms with E-state index in [9.17, 15) is 14.9 Å². The number of hydrogen-bond donors (Lipinski definition) is 1. The molecule has 0 heterocycles. The van der Waals surface area contributed by atoms with E-state index in [0.29, 0.717) is 4.71 Å². The molecule has 18 heavy (non-hydrogen) atoms. The van der Waals surface area contributed by atoms with Crippen LogP contribution in [0, 0.1) is 10.1 Å². The van der Waals surface area contributed by atoms with E-state index in [-0.39, 0.29) is 27.0 Å². The van der Waals surface area contributed by atoms with Crippen LogP contribution in [0.1, 0.15) is 36.0 Å². The maximum absolute atomic E-state index is 11.0. The third-order valence-corrected chi connectivity index (χ3v) is 6.29. The van der Waals surface area contributed by atoms with E-state index >= 15 is 0 Å². The summed E-state index contributed by atoms with van der Waals surface area (Å²) in [7, 11) is 0. The van der Waals surface area contributed by atoms with Gasteiger partial charge in [0.05, 0.1) is 0 Å². The molecule has 0 atom stereocenters. The van der Waals surface area contributed by atoms with Crippen molar-refractivity contribution in [1.29, 1.82) is 0 Å². The van der Waals surface area contributed by atoms with Gasteiger partial charge in [-0.1, -0.05) is 0 Å². The van der Waals surface area contributed by atoms with Crippen molar-refractivity contribution in [3.8, 4) is 0 Å². The quantitative estimate of drug-likeness (QED) is 0.524. The second-order valence-electron chi connectivity index (χ2n) is 4.33. The Labute approximate surface area is 111 Å². The summed E-state index contributed by atoms with van der Waals surface area (Å²) in [5.74, 6) is -1.12. The Hall–Kier alpha value is -1.35. The number of carboxylic acids is 1. The Kier molecular flexibility index (Phi) is 4.02. The van der Waals surface area contributed by atoms with E-state index in [2.05, 4.69) is 0 Å². The Morgan fingerprint density at radius 1 is 1.39 bits per heavy atom. The summed E-state index contributed by atoms with van der Waals surface area (Å²) in [6, 6.07) is 4.28. The summed E-state index contributed by atoms with van der Waals surface area (Å²) in [6.45, 7) is 0. The minimum atomic E-state index is -1.12. The third kappa shape index (κ3) is 2.90. The molecular formula is C12H13AsNO4. The van der Waals surface area contributed by atoms with Crippen molar-refractivity contribution in [2.75, 3.05) is 0 Å². The van der Waals surface area contributed by atoms with Crippen molar-refractivity contribution in [2.24, 2.45) is 0 Å². The van der Waals surface area contributed by atoms with Crippen molar-refractivity contribution in [3.63, 3.8) is 0 Å². The van der Waals surface area contributed by atoms with Crippen LogP contribution >= 0.6 is 0 Å². The van der Waals surface area contributed by atoms with Gasteiger partial charge in [-0.2, -0.15) is 0 Å². The van der Waals surface area contributed by atoms with E-state index in [1.165, 1.54) is 25.0 Å². The first kappa shape index (κ1) is 13.1. The molecule has 2 rings (SSSR count). The van der Waals surface area contributed by atoms with Crippen molar-refractivity contribution in [1.82, 2.24) is 0 Å². The fourth-order valence-corrected chi connectivity index (χ4v) is 5.20. The first-order valence-electron chi connectivity index (χ1n) is 5.80. The molecule has 1 aromatic rings. The van der Waals surface area contributed by atoms with Gasteiger partial charge in [-0.3, -0.25) is 0 Å². The molecule has 1 aromatic carbocycles. The second kappa shape index (κ2) is 5.53. The molecule has 95 valence electrons. The molecule has 5 nitrogen and oxygen atoms in total. The van der Waals surface area contributed by atoms with Crippen LogP contribution in [0.2, 0.25) is 4.71 Å². The van der Waals surface area contributed by atoms with Gasteiger partial charge in [-0.05, 0) is 0 Å². The molecule has 0 saturated heterocycles. The van der Waals surface area contributed by atoms with Crippen molar-refractivity contribution >= 4 is 31.8 Å². The molecule has 1 radical (unpaired) electrons. The first-order chi connectivity index (χ1) is 8.58. The molecule has 0 amide bonds. The number of nitro benzene ring substituents is 1. The zero-order valence-corrected chi connectivity index (χ0v) is 11.6. The fraction of sp³-hybridized carbons (Fsp3) is 0.417. The number of carboxylic acid groups (broad SMARTS) is 1. The molecule has 1 N–H and O–H groups in total. The number of aromatic carboxylic acids is 1. The summed E-state index contributed by atoms with van der Waals surface area (Å²) in [5, 5.41) is 19.8. The molecule has 0 unspecified atom stereocenters. The number of hydrogen-bond acceptors (Lipinski definition) is 3. The van der Waals surface area contributed by atoms with E-state index < -0.39 is 10.9 Å². The summed E-state index contributed by atoms with van der Waals surface area (Å²) < 4.78 is 1.34. The maximum atomic E-state index is 11.0. The number of nitro groups is 1. The average Bonchev–Trinajstić information content (AvgIpc) is 2.81. The van der Waals surface area contributed by atoms with Gasteiger partial charge in [0.2, 0.25) is 0 Å². The van der Waals surface area contributed by atoms with Crippen LogP contribution in [-0.4, -0.2) is 31.8 Å². The third-order valence-electron chi connectivity index (χ3n) is 3.07. The Balaban J connectivity index is 2.28. The molecular weight excluding hydrogens is 297 g/mol. The summed E-state index contributed by atoms with van der Waals surface area (Å²) >= 11 is -0.240. The predicted octanol–water partition coefficient (Wildman–Crippen LogP) is 1.98. The van der Waals surface area contributed by atoms with Crippen LogP contribution in [0.5, 0.6) is 0 Å². The average molecular weight is 310 g/mol. The van der Waals surface area contributed by atoms with E-state index in [1.807, 2.05) is 0 Å². The van der Waals surface area contributed by atoms with Crippen LogP contribution in [0.15, 0.2) is 18.2 Å². The van der Waals surface area contributed by atoms with Gasteiger partial charge < -0.3 is 0 Å². The van der Waals surface area contributed by atoms with Crippen molar-refractivity contribution in [3.05, 3.63) is 33.9 Å². The van der Waals surface area contributed by atoms with Gasteiger partial charge in [0, 0.05) is 0 Å². The van der Waals surface area contributed by atoms with Gasteiger partial charge in [0.25, 0.3) is 0 Å². The molecule has 0 aromatic heterocycles. The van der Waals surface area contributed by atoms with Gasteiger partial charge in [-0.15, -0.1) is 0 Å². The molecule has 6 heteroatoms. The van der Waals surface area contributed by atoms with Gasteiger partial charge >= 0.3 is 111 Å². The SMILES string of the molecule is O=C(O)c1ccc([As]C2CCCC2)c([N+](=O)[O-])c1. The predicted molar refractivity (Wildman–Crippen MR) is 67.7 cm³/mol. The number of rotatable bonds is 4. The molecule has 0 bridgehead atoms. The molecule has 0 aliphatic heterocycles. The van der Waals surface area contributed by atoms with E-state index in [0.717, 1.165) is 17.2 Å². The van der Waals surface area contributed by atoms with Crippen LogP contribution < -0.4 is 4.35 Å². The number of carbonyl (C=O) groups is 1. The normalized spacial score (nSPS) is 16.4. The fourth-order valence-electron chi connectivity index (χ4n) is 2.14. The van der Waals surface area contributed by atoms with E-state index in [1.54, 1.807) is 6.07 Å². The van der Waals surface area contributed by atoms with Crippen molar-refractivity contribution < 1.29 is 14.8 Å². The van der Waals surface area contributed by atoms with Crippen molar-refractivity contribution in [2.45, 2.75) is 30.4 Å². The first-order valence-corrected chi connectivity index (χ1v) is 7.82. The van der Waals surface area contributed by atoms with Crippen LogP contribution in [0.4, 0.5) is 5.69 Å². The monoisotopic (exact) mass is 310 g/mol. The number of benzene rings is 1. The van der Waals surface area contributed by atoms with Gasteiger partial charge in [-0.25, -0.2) is 0 Å². The minimum absolute atomic E-state index is 0.0157. The number of nitrogens with zero attached hydrogens (tertiary/aromatic N) is 1.